The van der Waals surface area contributed by atoms with E-state index in [0.717, 1.165) is 0 Å². The highest BCUT2D eigenvalue weighted by Gasteiger charge is 2.35. The molecule has 0 saturated carbocycles. The lowest BCUT2D eigenvalue weighted by Crippen LogP contribution is -2.25. The van der Waals surface area contributed by atoms with Gasteiger partial charge in [-0.25, -0.2) is 0 Å². The third-order valence-corrected chi connectivity index (χ3v) is 3.76. The van der Waals surface area contributed by atoms with Crippen LogP contribution >= 0.6 is 34.8 Å². The van der Waals surface area contributed by atoms with Crippen molar-refractivity contribution in [1.29, 1.82) is 0 Å². The molecule has 1 aliphatic heterocycles. The topological polar surface area (TPSA) is 54.5 Å². The van der Waals surface area contributed by atoms with E-state index in [4.69, 9.17) is 34.8 Å². The van der Waals surface area contributed by atoms with Gasteiger partial charge in [-0.3, -0.25) is 14.4 Å². The van der Waals surface area contributed by atoms with Crippen LogP contribution in [0.3, 0.4) is 0 Å². The van der Waals surface area contributed by atoms with Crippen LogP contribution < -0.4 is 4.90 Å². The Balaban J connectivity index is 2.36. The van der Waals surface area contributed by atoms with Gasteiger partial charge in [-0.15, -0.1) is 0 Å². The molecule has 1 fully saturated rings. The molecule has 7 heteroatoms. The lowest BCUT2D eigenvalue weighted by atomic mass is 10.1. The van der Waals surface area contributed by atoms with Crippen LogP contribution in [0.4, 0.5) is 5.69 Å². The van der Waals surface area contributed by atoms with Gasteiger partial charge < -0.3 is 4.90 Å². The third kappa shape index (κ3) is 2.91. The average molecular weight is 321 g/mol. The van der Waals surface area contributed by atoms with Gasteiger partial charge in [0.05, 0.1) is 16.6 Å². The highest BCUT2D eigenvalue weighted by atomic mass is 35.5. The van der Waals surface area contributed by atoms with Gasteiger partial charge in [-0.05, 0) is 41.4 Å². The quantitative estimate of drug-likeness (QED) is 0.805. The maximum atomic E-state index is 11.9. The average Bonchev–Trinajstić information content (AvgIpc) is 2.72. The predicted octanol–water partition coefficient (Wildman–Crippen LogP) is 2.84. The molecule has 0 bridgehead atoms. The summed E-state index contributed by atoms with van der Waals surface area (Å²) in [5.74, 6) is -0.819. The van der Waals surface area contributed by atoms with Gasteiger partial charge in [0.25, 0.3) is 5.24 Å². The Morgan fingerprint density at radius 1 is 1.26 bits per heavy atom. The molecule has 1 aromatic carbocycles. The van der Waals surface area contributed by atoms with E-state index in [9.17, 15) is 14.4 Å². The molecule has 0 aliphatic carbocycles. The van der Waals surface area contributed by atoms with Gasteiger partial charge in [-0.2, -0.15) is 0 Å². The number of nitrogens with zero attached hydrogens (tertiary/aromatic N) is 1. The van der Waals surface area contributed by atoms with E-state index >= 15 is 0 Å². The Bertz CT molecular complexity index is 573. The molecule has 0 unspecified atom stereocenters. The fourth-order valence-electron chi connectivity index (χ4n) is 1.93. The molecule has 2 rings (SSSR count). The van der Waals surface area contributed by atoms with E-state index in [-0.39, 0.29) is 24.4 Å². The second-order valence-electron chi connectivity index (χ2n) is 4.15. The zero-order valence-corrected chi connectivity index (χ0v) is 11.8. The smallest absolute Gasteiger partial charge is 0.252 e. The van der Waals surface area contributed by atoms with Crippen LogP contribution in [0.15, 0.2) is 18.2 Å². The number of carbonyl (C=O) groups is 3. The van der Waals surface area contributed by atoms with Gasteiger partial charge in [0.2, 0.25) is 11.1 Å². The minimum atomic E-state index is -0.644. The number of benzene rings is 1. The Labute approximate surface area is 124 Å². The van der Waals surface area contributed by atoms with Gasteiger partial charge in [0, 0.05) is 18.5 Å². The lowest BCUT2D eigenvalue weighted by molar-refractivity contribution is -0.120. The molecule has 0 aromatic heterocycles. The van der Waals surface area contributed by atoms with Crippen molar-refractivity contribution in [1.82, 2.24) is 0 Å². The van der Waals surface area contributed by atoms with Gasteiger partial charge in [0.1, 0.15) is 0 Å². The van der Waals surface area contributed by atoms with Gasteiger partial charge in [-0.1, -0.05) is 11.6 Å². The summed E-state index contributed by atoms with van der Waals surface area (Å²) < 4.78 is 0. The highest BCUT2D eigenvalue weighted by molar-refractivity contribution is 6.67. The number of amides is 1. The first-order chi connectivity index (χ1) is 8.90. The Kier molecular flexibility index (Phi) is 4.13. The molecule has 1 heterocycles. The summed E-state index contributed by atoms with van der Waals surface area (Å²) in [5, 5.41) is -0.899. The largest absolute Gasteiger partial charge is 0.310 e. The predicted molar refractivity (Wildman–Crippen MR) is 73.0 cm³/mol. The summed E-state index contributed by atoms with van der Waals surface area (Å²) in [6, 6.07) is 4.37. The van der Waals surface area contributed by atoms with Crippen molar-refractivity contribution in [2.45, 2.75) is 6.42 Å². The molecule has 19 heavy (non-hydrogen) atoms. The van der Waals surface area contributed by atoms with Crippen molar-refractivity contribution in [3.05, 3.63) is 28.8 Å². The molecule has 0 spiro atoms. The number of rotatable bonds is 3. The summed E-state index contributed by atoms with van der Waals surface area (Å²) in [6.07, 6.45) is 0.0394. The summed E-state index contributed by atoms with van der Waals surface area (Å²) in [5.41, 5.74) is 0.591. The van der Waals surface area contributed by atoms with Crippen molar-refractivity contribution in [2.75, 3.05) is 11.4 Å². The fraction of sp³-hybridized carbons (Fsp3) is 0.250. The van der Waals surface area contributed by atoms with Crippen LogP contribution in [0.25, 0.3) is 0 Å². The SMILES string of the molecule is O=C(Cl)c1ccc(Cl)c(N2C[C@@H](C(=O)Cl)CC2=O)c1. The van der Waals surface area contributed by atoms with Crippen molar-refractivity contribution in [3.8, 4) is 0 Å². The van der Waals surface area contributed by atoms with Crippen molar-refractivity contribution < 1.29 is 14.4 Å². The van der Waals surface area contributed by atoms with Crippen molar-refractivity contribution in [3.63, 3.8) is 0 Å². The number of anilines is 1. The Hall–Kier alpha value is -1.10. The molecule has 100 valence electrons. The summed E-state index contributed by atoms with van der Waals surface area (Å²) in [7, 11) is 0. The zero-order valence-electron chi connectivity index (χ0n) is 9.53. The van der Waals surface area contributed by atoms with Crippen molar-refractivity contribution >= 4 is 56.9 Å². The standard InChI is InChI=1S/C12H8Cl3NO3/c13-8-2-1-6(11(14)18)3-9(8)16-5-7(12(15)19)4-10(16)17/h1-3,7H,4-5H2/t7-/m0/s1. The normalized spacial score (nSPS) is 18.8. The van der Waals surface area contributed by atoms with Crippen LogP contribution in [-0.4, -0.2) is 22.9 Å². The van der Waals surface area contributed by atoms with Gasteiger partial charge >= 0.3 is 0 Å². The summed E-state index contributed by atoms with van der Waals surface area (Å²) >= 11 is 16.8. The van der Waals surface area contributed by atoms with E-state index in [1.165, 1.54) is 23.1 Å². The van der Waals surface area contributed by atoms with E-state index in [1.807, 2.05) is 0 Å². The first-order valence-electron chi connectivity index (χ1n) is 5.39. The first kappa shape index (κ1) is 14.3. The molecular weight excluding hydrogens is 312 g/mol. The Morgan fingerprint density at radius 3 is 2.47 bits per heavy atom. The number of carbonyl (C=O) groups excluding carboxylic acids is 3. The number of hydrogen-bond acceptors (Lipinski definition) is 3. The molecule has 1 amide bonds. The van der Waals surface area contributed by atoms with Crippen molar-refractivity contribution in [2.24, 2.45) is 5.92 Å². The van der Waals surface area contributed by atoms with Crippen LogP contribution in [-0.2, 0) is 9.59 Å². The molecule has 4 nitrogen and oxygen atoms in total. The van der Waals surface area contributed by atoms with E-state index < -0.39 is 16.4 Å². The maximum absolute atomic E-state index is 11.9. The molecule has 0 N–H and O–H groups in total. The van der Waals surface area contributed by atoms with Gasteiger partial charge in [0.15, 0.2) is 0 Å². The minimum Gasteiger partial charge on any atom is -0.310 e. The molecule has 1 aliphatic rings. The Morgan fingerprint density at radius 2 is 1.95 bits per heavy atom. The highest BCUT2D eigenvalue weighted by Crippen LogP contribution is 2.33. The van der Waals surface area contributed by atoms with E-state index in [0.29, 0.717) is 10.7 Å². The summed E-state index contributed by atoms with van der Waals surface area (Å²) in [4.78, 5) is 35.4. The van der Waals surface area contributed by atoms with E-state index in [1.54, 1.807) is 0 Å². The first-order valence-corrected chi connectivity index (χ1v) is 6.52. The number of halogens is 3. The van der Waals surface area contributed by atoms with Crippen LogP contribution in [0.2, 0.25) is 5.02 Å². The molecule has 1 aromatic rings. The second-order valence-corrected chi connectivity index (χ2v) is 5.27. The maximum Gasteiger partial charge on any atom is 0.252 e. The summed E-state index contributed by atoms with van der Waals surface area (Å²) in [6.45, 7) is 0.154. The monoisotopic (exact) mass is 319 g/mol. The van der Waals surface area contributed by atoms with E-state index in [2.05, 4.69) is 0 Å². The van der Waals surface area contributed by atoms with Crippen LogP contribution in [0.5, 0.6) is 0 Å². The molecule has 0 radical (unpaired) electrons. The third-order valence-electron chi connectivity index (χ3n) is 2.91. The molecule has 1 saturated heterocycles. The fourth-order valence-corrected chi connectivity index (χ4v) is 2.42. The minimum absolute atomic E-state index is 0.0394. The number of hydrogen-bond donors (Lipinski definition) is 0. The molecule has 1 atom stereocenters. The lowest BCUT2D eigenvalue weighted by Gasteiger charge is -2.18. The zero-order chi connectivity index (χ0) is 14.2. The molecular formula is C12H8Cl3NO3. The van der Waals surface area contributed by atoms with Crippen LogP contribution in [0, 0.1) is 5.92 Å². The van der Waals surface area contributed by atoms with Crippen LogP contribution in [0.1, 0.15) is 16.8 Å². The second kappa shape index (κ2) is 5.49.